The van der Waals surface area contributed by atoms with Gasteiger partial charge in [0.2, 0.25) is 5.91 Å². The van der Waals surface area contributed by atoms with Crippen LogP contribution in [0.2, 0.25) is 0 Å². The molecule has 0 aliphatic heterocycles. The zero-order valence-corrected chi connectivity index (χ0v) is 28.9. The van der Waals surface area contributed by atoms with Gasteiger partial charge >= 0.3 is 5.97 Å². The van der Waals surface area contributed by atoms with Crippen molar-refractivity contribution in [3.63, 3.8) is 0 Å². The van der Waals surface area contributed by atoms with E-state index in [0.29, 0.717) is 6.42 Å². The quantitative estimate of drug-likeness (QED) is 0.0756. The van der Waals surface area contributed by atoms with Crippen molar-refractivity contribution in [1.82, 2.24) is 4.90 Å². The Kier molecular flexibility index (Phi) is 38.9. The summed E-state index contributed by atoms with van der Waals surface area (Å²) in [5, 5.41) is 8.62. The Hall–Kier alpha value is -1.10. The van der Waals surface area contributed by atoms with Gasteiger partial charge in [-0.2, -0.15) is 0 Å². The number of carbonyl (C=O) groups is 2. The molecule has 0 radical (unpaired) electrons. The molecule has 0 rings (SSSR count). The van der Waals surface area contributed by atoms with Gasteiger partial charge in [-0.3, -0.25) is 9.59 Å². The Morgan fingerprint density at radius 2 is 0.738 bits per heavy atom. The molecule has 1 amide bonds. The van der Waals surface area contributed by atoms with Gasteiger partial charge in [-0.1, -0.05) is 187 Å². The van der Waals surface area contributed by atoms with Crippen molar-refractivity contribution >= 4 is 11.9 Å². The molecular weight excluding hydrogens is 520 g/mol. The fourth-order valence-corrected chi connectivity index (χ4v) is 5.47. The van der Waals surface area contributed by atoms with Crippen LogP contribution in [0.1, 0.15) is 206 Å². The predicted octanol–water partition coefficient (Wildman–Crippen LogP) is 11.2. The molecule has 5 nitrogen and oxygen atoms in total. The minimum atomic E-state index is -0.953. The number of nitrogens with zero attached hydrogens (tertiary/aromatic N) is 1. The molecule has 252 valence electrons. The van der Waals surface area contributed by atoms with Crippen LogP contribution in [0.5, 0.6) is 0 Å². The number of nitrogens with two attached hydrogens (primary N) is 1. The largest absolute Gasteiger partial charge is 0.480 e. The van der Waals surface area contributed by atoms with Gasteiger partial charge in [-0.15, -0.1) is 0 Å². The van der Waals surface area contributed by atoms with Crippen molar-refractivity contribution in [2.45, 2.75) is 206 Å². The normalized spacial score (nSPS) is 10.9. The first-order valence-electron chi connectivity index (χ1n) is 18.6. The van der Waals surface area contributed by atoms with Crippen LogP contribution in [0.4, 0.5) is 0 Å². The van der Waals surface area contributed by atoms with Gasteiger partial charge in [-0.25, -0.2) is 0 Å². The Morgan fingerprint density at radius 1 is 0.476 bits per heavy atom. The maximum atomic E-state index is 11.6. The third-order valence-corrected chi connectivity index (χ3v) is 8.35. The summed E-state index contributed by atoms with van der Waals surface area (Å²) in [4.78, 5) is 23.4. The summed E-state index contributed by atoms with van der Waals surface area (Å²) >= 11 is 0. The van der Waals surface area contributed by atoms with E-state index in [0.717, 1.165) is 19.4 Å². The fraction of sp³-hybridized carbons (Fsp3) is 0.946. The highest BCUT2D eigenvalue weighted by Gasteiger charge is 2.11. The second kappa shape index (κ2) is 37.9. The van der Waals surface area contributed by atoms with Crippen molar-refractivity contribution in [2.24, 2.45) is 5.73 Å². The van der Waals surface area contributed by atoms with Gasteiger partial charge in [0.25, 0.3) is 0 Å². The van der Waals surface area contributed by atoms with E-state index < -0.39 is 5.97 Å². The zero-order chi connectivity index (χ0) is 31.4. The minimum absolute atomic E-state index is 0.0597. The van der Waals surface area contributed by atoms with Crippen molar-refractivity contribution in [1.29, 1.82) is 0 Å². The Labute approximate surface area is 263 Å². The highest BCUT2D eigenvalue weighted by Crippen LogP contribution is 2.14. The van der Waals surface area contributed by atoms with E-state index in [9.17, 15) is 9.59 Å². The van der Waals surface area contributed by atoms with Crippen LogP contribution in [0.25, 0.3) is 0 Å². The number of amides is 1. The standard InChI is InChI=1S/C19H37NO3.C18H39N/c1-3-4-5-6-7-8-9-10-11-12-13-14-15-16-18(21)20(2)17-19(22)23;1-2-3-4-5-6-7-8-9-10-11-12-13-14-15-16-17-18-19/h3-17H2,1-2H3,(H,22,23);2-19H2,1H3. The zero-order valence-electron chi connectivity index (χ0n) is 28.9. The van der Waals surface area contributed by atoms with Crippen LogP contribution < -0.4 is 5.73 Å². The molecular formula is C37H76N2O3. The highest BCUT2D eigenvalue weighted by atomic mass is 16.4. The maximum Gasteiger partial charge on any atom is 0.323 e. The van der Waals surface area contributed by atoms with E-state index in [-0.39, 0.29) is 12.5 Å². The molecule has 0 unspecified atom stereocenters. The average Bonchev–Trinajstić information content (AvgIpc) is 2.97. The molecule has 0 atom stereocenters. The summed E-state index contributed by atoms with van der Waals surface area (Å²) in [6, 6.07) is 0. The summed E-state index contributed by atoms with van der Waals surface area (Å²) in [5.74, 6) is -1.01. The van der Waals surface area contributed by atoms with Gasteiger partial charge in [0.05, 0.1) is 0 Å². The predicted molar refractivity (Wildman–Crippen MR) is 184 cm³/mol. The Balaban J connectivity index is 0. The first-order chi connectivity index (χ1) is 20.5. The van der Waals surface area contributed by atoms with E-state index in [1.807, 2.05) is 0 Å². The number of hydrogen-bond donors (Lipinski definition) is 2. The highest BCUT2D eigenvalue weighted by molar-refractivity contribution is 5.80. The SMILES string of the molecule is CCCCCCCCCCCCCCCC(=O)N(C)CC(=O)O.CCCCCCCCCCCCCCCCCCN. The molecule has 0 spiro atoms. The molecule has 0 saturated heterocycles. The first kappa shape index (κ1) is 43.0. The number of carbonyl (C=O) groups excluding carboxylic acids is 1. The van der Waals surface area contributed by atoms with Crippen molar-refractivity contribution in [3.8, 4) is 0 Å². The molecule has 0 aromatic carbocycles. The number of rotatable bonds is 32. The van der Waals surface area contributed by atoms with E-state index in [4.69, 9.17) is 10.8 Å². The number of likely N-dealkylation sites (N-methyl/N-ethyl adjacent to an activating group) is 1. The van der Waals surface area contributed by atoms with E-state index in [2.05, 4.69) is 13.8 Å². The van der Waals surface area contributed by atoms with Gasteiger partial charge in [0.15, 0.2) is 0 Å². The summed E-state index contributed by atoms with van der Waals surface area (Å²) in [5.41, 5.74) is 5.48. The van der Waals surface area contributed by atoms with E-state index in [1.165, 1.54) is 178 Å². The van der Waals surface area contributed by atoms with E-state index in [1.54, 1.807) is 7.05 Å². The maximum absolute atomic E-state index is 11.6. The van der Waals surface area contributed by atoms with Gasteiger partial charge < -0.3 is 15.7 Å². The molecule has 0 aromatic heterocycles. The summed E-state index contributed by atoms with van der Waals surface area (Å²) in [7, 11) is 1.55. The monoisotopic (exact) mass is 597 g/mol. The Morgan fingerprint density at radius 3 is 1.00 bits per heavy atom. The third-order valence-electron chi connectivity index (χ3n) is 8.35. The lowest BCUT2D eigenvalue weighted by atomic mass is 10.0. The summed E-state index contributed by atoms with van der Waals surface area (Å²) in [6.45, 7) is 5.22. The van der Waals surface area contributed by atoms with Crippen LogP contribution >= 0.6 is 0 Å². The molecule has 42 heavy (non-hydrogen) atoms. The molecule has 0 saturated carbocycles. The summed E-state index contributed by atoms with van der Waals surface area (Å²) < 4.78 is 0. The number of carboxylic acid groups (broad SMARTS) is 1. The second-order valence-electron chi connectivity index (χ2n) is 12.7. The van der Waals surface area contributed by atoms with Gasteiger partial charge in [0.1, 0.15) is 6.54 Å². The number of unbranched alkanes of at least 4 members (excludes halogenated alkanes) is 27. The lowest BCUT2D eigenvalue weighted by Crippen LogP contribution is -2.31. The molecule has 3 N–H and O–H groups in total. The lowest BCUT2D eigenvalue weighted by Gasteiger charge is -2.14. The van der Waals surface area contributed by atoms with Crippen LogP contribution in [-0.4, -0.2) is 42.0 Å². The van der Waals surface area contributed by atoms with Crippen LogP contribution in [-0.2, 0) is 9.59 Å². The molecule has 0 heterocycles. The second-order valence-corrected chi connectivity index (χ2v) is 12.7. The number of carboxylic acids is 1. The summed E-state index contributed by atoms with van der Waals surface area (Å²) in [6.07, 6.45) is 40.0. The first-order valence-corrected chi connectivity index (χ1v) is 18.6. The van der Waals surface area contributed by atoms with Crippen LogP contribution in [0.15, 0.2) is 0 Å². The molecule has 0 aliphatic rings. The number of hydrogen-bond acceptors (Lipinski definition) is 3. The minimum Gasteiger partial charge on any atom is -0.480 e. The van der Waals surface area contributed by atoms with Gasteiger partial charge in [0, 0.05) is 13.5 Å². The average molecular weight is 597 g/mol. The van der Waals surface area contributed by atoms with E-state index >= 15 is 0 Å². The molecule has 0 aliphatic carbocycles. The smallest absolute Gasteiger partial charge is 0.323 e. The molecule has 0 aromatic rings. The lowest BCUT2D eigenvalue weighted by molar-refractivity contribution is -0.143. The third kappa shape index (κ3) is 38.9. The van der Waals surface area contributed by atoms with Crippen molar-refractivity contribution in [2.75, 3.05) is 20.1 Å². The van der Waals surface area contributed by atoms with Crippen LogP contribution in [0, 0.1) is 0 Å². The van der Waals surface area contributed by atoms with Crippen molar-refractivity contribution in [3.05, 3.63) is 0 Å². The van der Waals surface area contributed by atoms with Crippen molar-refractivity contribution < 1.29 is 14.7 Å². The van der Waals surface area contributed by atoms with Crippen LogP contribution in [0.3, 0.4) is 0 Å². The molecule has 5 heteroatoms. The van der Waals surface area contributed by atoms with Gasteiger partial charge in [-0.05, 0) is 19.4 Å². The molecule has 0 fully saturated rings. The molecule has 0 bridgehead atoms. The Bertz CT molecular complexity index is 525. The fourth-order valence-electron chi connectivity index (χ4n) is 5.47. The topological polar surface area (TPSA) is 83.6 Å². The number of aliphatic carboxylic acids is 1.